The lowest BCUT2D eigenvalue weighted by molar-refractivity contribution is -0.137. The molecule has 0 atom stereocenters. The molecule has 0 unspecified atom stereocenters. The Morgan fingerprint density at radius 1 is 1.38 bits per heavy atom. The van der Waals surface area contributed by atoms with Gasteiger partial charge in [0.05, 0.1) is 0 Å². The van der Waals surface area contributed by atoms with Crippen molar-refractivity contribution in [3.8, 4) is 0 Å². The number of carbonyl (C=O) groups excluding carboxylic acids is 1. The summed E-state index contributed by atoms with van der Waals surface area (Å²) in [7, 11) is 2.86. The fourth-order valence-corrected chi connectivity index (χ4v) is 0.600. The maximum Gasteiger partial charge on any atom is 0.341 e. The predicted molar refractivity (Wildman–Crippen MR) is 40.4 cm³/mol. The van der Waals surface area contributed by atoms with E-state index in [1.165, 1.54) is 19.0 Å². The summed E-state index contributed by atoms with van der Waals surface area (Å²) in [4.78, 5) is 22.1. The summed E-state index contributed by atoms with van der Waals surface area (Å²) in [5, 5.41) is 8.39. The number of carbonyl (C=O) groups is 2. The Balaban J connectivity index is 4.83. The maximum absolute atomic E-state index is 11.8. The zero-order valence-corrected chi connectivity index (χ0v) is 7.12. The number of halogens is 2. The summed E-state index contributed by atoms with van der Waals surface area (Å²) in [5.41, 5.74) is -0.917. The van der Waals surface area contributed by atoms with Crippen LogP contribution in [0.5, 0.6) is 0 Å². The minimum atomic E-state index is -3.29. The van der Waals surface area contributed by atoms with Crippen LogP contribution in [0.15, 0.2) is 11.8 Å². The standard InChI is InChI=1S/C7H9F2NO3/c1-10(2)3-4(7(12)13)5(11)6(8)9/h3,6H,1-2H3,(H,12,13)/b4-3+. The molecule has 0 aromatic rings. The number of Topliss-reactive ketones (excluding diaryl/α,β-unsaturated/α-hetero) is 1. The Hall–Kier alpha value is -1.46. The molecule has 1 N–H and O–H groups in total. The van der Waals surface area contributed by atoms with Crippen molar-refractivity contribution < 1.29 is 23.5 Å². The molecule has 0 aliphatic rings. The van der Waals surface area contributed by atoms with Crippen LogP contribution in [-0.4, -0.2) is 42.3 Å². The van der Waals surface area contributed by atoms with E-state index in [1.54, 1.807) is 0 Å². The zero-order chi connectivity index (χ0) is 10.6. The molecule has 0 rings (SSSR count). The molecule has 4 nitrogen and oxygen atoms in total. The van der Waals surface area contributed by atoms with Crippen LogP contribution in [0.4, 0.5) is 8.78 Å². The minimum Gasteiger partial charge on any atom is -0.478 e. The minimum absolute atomic E-state index is 0.844. The second-order valence-corrected chi connectivity index (χ2v) is 2.48. The van der Waals surface area contributed by atoms with Gasteiger partial charge in [-0.05, 0) is 0 Å². The highest BCUT2D eigenvalue weighted by atomic mass is 19.3. The number of carboxylic acids is 1. The van der Waals surface area contributed by atoms with Crippen LogP contribution in [0.2, 0.25) is 0 Å². The van der Waals surface area contributed by atoms with Crippen molar-refractivity contribution in [2.75, 3.05) is 14.1 Å². The number of rotatable bonds is 4. The Labute approximate surface area is 73.4 Å². The third kappa shape index (κ3) is 3.64. The van der Waals surface area contributed by atoms with Crippen molar-refractivity contribution in [1.29, 1.82) is 0 Å². The van der Waals surface area contributed by atoms with Crippen LogP contribution < -0.4 is 0 Å². The monoisotopic (exact) mass is 193 g/mol. The summed E-state index contributed by atoms with van der Waals surface area (Å²) >= 11 is 0. The van der Waals surface area contributed by atoms with E-state index in [0.717, 1.165) is 6.20 Å². The number of alkyl halides is 2. The van der Waals surface area contributed by atoms with Crippen molar-refractivity contribution in [2.24, 2.45) is 0 Å². The highest BCUT2D eigenvalue weighted by Crippen LogP contribution is 2.06. The highest BCUT2D eigenvalue weighted by Gasteiger charge is 2.25. The van der Waals surface area contributed by atoms with E-state index in [1.807, 2.05) is 0 Å². The Bertz CT molecular complexity index is 248. The average molecular weight is 193 g/mol. The summed E-state index contributed by atoms with van der Waals surface area (Å²) < 4.78 is 23.6. The van der Waals surface area contributed by atoms with Crippen LogP contribution in [0.25, 0.3) is 0 Å². The van der Waals surface area contributed by atoms with Gasteiger partial charge < -0.3 is 10.0 Å². The van der Waals surface area contributed by atoms with Crippen molar-refractivity contribution >= 4 is 11.8 Å². The van der Waals surface area contributed by atoms with Gasteiger partial charge in [0.2, 0.25) is 5.78 Å². The number of ketones is 1. The number of carboxylic acid groups (broad SMARTS) is 1. The third-order valence-electron chi connectivity index (χ3n) is 1.08. The molecule has 0 heterocycles. The second-order valence-electron chi connectivity index (χ2n) is 2.48. The molecule has 0 spiro atoms. The van der Waals surface area contributed by atoms with E-state index < -0.39 is 23.8 Å². The average Bonchev–Trinajstić information content (AvgIpc) is 1.97. The van der Waals surface area contributed by atoms with E-state index >= 15 is 0 Å². The molecule has 13 heavy (non-hydrogen) atoms. The molecular formula is C7H9F2NO3. The molecular weight excluding hydrogens is 184 g/mol. The van der Waals surface area contributed by atoms with Crippen LogP contribution in [0, 0.1) is 0 Å². The lowest BCUT2D eigenvalue weighted by Gasteiger charge is -2.06. The normalized spacial score (nSPS) is 11.6. The molecule has 0 saturated carbocycles. The van der Waals surface area contributed by atoms with Crippen LogP contribution in [0.1, 0.15) is 0 Å². The van der Waals surface area contributed by atoms with Gasteiger partial charge in [-0.3, -0.25) is 4.79 Å². The predicted octanol–water partition coefficient (Wildman–Crippen LogP) is 0.351. The van der Waals surface area contributed by atoms with Gasteiger partial charge in [0.1, 0.15) is 5.57 Å². The number of hydrogen-bond donors (Lipinski definition) is 1. The summed E-state index contributed by atoms with van der Waals surface area (Å²) in [6.45, 7) is 0. The van der Waals surface area contributed by atoms with E-state index in [2.05, 4.69) is 0 Å². The van der Waals surface area contributed by atoms with Gasteiger partial charge in [-0.25, -0.2) is 13.6 Å². The van der Waals surface area contributed by atoms with Gasteiger partial charge in [-0.15, -0.1) is 0 Å². The SMILES string of the molecule is CN(C)/C=C(/C(=O)O)C(=O)C(F)F. The van der Waals surface area contributed by atoms with Gasteiger partial charge in [-0.2, -0.15) is 0 Å². The van der Waals surface area contributed by atoms with Crippen molar-refractivity contribution in [1.82, 2.24) is 4.90 Å². The molecule has 0 amide bonds. The van der Waals surface area contributed by atoms with Crippen LogP contribution in [-0.2, 0) is 9.59 Å². The molecule has 0 aromatic heterocycles. The molecule has 0 aromatic carbocycles. The Morgan fingerprint density at radius 2 is 1.85 bits per heavy atom. The smallest absolute Gasteiger partial charge is 0.341 e. The first-order valence-corrected chi connectivity index (χ1v) is 3.30. The first-order chi connectivity index (χ1) is 5.86. The zero-order valence-electron chi connectivity index (χ0n) is 7.12. The molecule has 74 valence electrons. The second kappa shape index (κ2) is 4.54. The number of nitrogens with zero attached hydrogens (tertiary/aromatic N) is 1. The van der Waals surface area contributed by atoms with Crippen molar-refractivity contribution in [2.45, 2.75) is 6.43 Å². The van der Waals surface area contributed by atoms with Crippen molar-refractivity contribution in [3.63, 3.8) is 0 Å². The quantitative estimate of drug-likeness (QED) is 0.397. The third-order valence-corrected chi connectivity index (χ3v) is 1.08. The molecule has 0 aliphatic heterocycles. The van der Waals surface area contributed by atoms with Gasteiger partial charge in [-0.1, -0.05) is 0 Å². The van der Waals surface area contributed by atoms with E-state index in [9.17, 15) is 18.4 Å². The topological polar surface area (TPSA) is 57.6 Å². The van der Waals surface area contributed by atoms with Crippen molar-refractivity contribution in [3.05, 3.63) is 11.8 Å². The first-order valence-electron chi connectivity index (χ1n) is 3.30. The van der Waals surface area contributed by atoms with Gasteiger partial charge in [0.25, 0.3) is 0 Å². The Morgan fingerprint density at radius 3 is 2.08 bits per heavy atom. The summed E-state index contributed by atoms with van der Waals surface area (Å²) in [5.74, 6) is -3.33. The number of hydrogen-bond acceptors (Lipinski definition) is 3. The van der Waals surface area contributed by atoms with Gasteiger partial charge in [0, 0.05) is 20.3 Å². The lowest BCUT2D eigenvalue weighted by atomic mass is 10.2. The van der Waals surface area contributed by atoms with Gasteiger partial charge in [0.15, 0.2) is 0 Å². The molecule has 0 fully saturated rings. The van der Waals surface area contributed by atoms with E-state index in [-0.39, 0.29) is 0 Å². The molecule has 0 saturated heterocycles. The van der Waals surface area contributed by atoms with Crippen LogP contribution >= 0.6 is 0 Å². The fourth-order valence-electron chi connectivity index (χ4n) is 0.600. The number of aliphatic carboxylic acids is 1. The molecule has 6 heteroatoms. The highest BCUT2D eigenvalue weighted by molar-refractivity contribution is 6.17. The summed E-state index contributed by atoms with van der Waals surface area (Å²) in [6, 6.07) is 0. The largest absolute Gasteiger partial charge is 0.478 e. The van der Waals surface area contributed by atoms with E-state index in [0.29, 0.717) is 0 Å². The fraction of sp³-hybridized carbons (Fsp3) is 0.429. The maximum atomic E-state index is 11.8. The molecule has 0 bridgehead atoms. The lowest BCUT2D eigenvalue weighted by Crippen LogP contribution is -2.21. The van der Waals surface area contributed by atoms with E-state index in [4.69, 9.17) is 5.11 Å². The summed E-state index contributed by atoms with van der Waals surface area (Å²) in [6.07, 6.45) is -2.45. The van der Waals surface area contributed by atoms with Crippen LogP contribution in [0.3, 0.4) is 0 Å². The molecule has 0 aliphatic carbocycles. The Kier molecular flexibility index (Phi) is 4.03. The molecule has 0 radical (unpaired) electrons. The first kappa shape index (κ1) is 11.5. The van der Waals surface area contributed by atoms with Gasteiger partial charge >= 0.3 is 12.4 Å².